The van der Waals surface area contributed by atoms with Gasteiger partial charge < -0.3 is 20.3 Å². The molecule has 0 spiro atoms. The molecule has 0 aromatic heterocycles. The lowest BCUT2D eigenvalue weighted by Gasteiger charge is -2.22. The van der Waals surface area contributed by atoms with Crippen LogP contribution in [0, 0.1) is 5.92 Å². The molecule has 2 aliphatic carbocycles. The summed E-state index contributed by atoms with van der Waals surface area (Å²) >= 11 is 0. The second-order valence-corrected chi connectivity index (χ2v) is 6.71. The van der Waals surface area contributed by atoms with E-state index in [0.717, 1.165) is 44.5 Å². The van der Waals surface area contributed by atoms with Crippen molar-refractivity contribution < 1.29 is 9.53 Å². The molecule has 2 fully saturated rings. The Balaban J connectivity index is 1.54. The predicted molar refractivity (Wildman–Crippen MR) is 92.6 cm³/mol. The minimum absolute atomic E-state index is 0.135. The van der Waals surface area contributed by atoms with Crippen molar-refractivity contribution in [1.29, 1.82) is 0 Å². The monoisotopic (exact) mass is 324 g/mol. The van der Waals surface area contributed by atoms with Crippen molar-refractivity contribution in [3.63, 3.8) is 0 Å². The lowest BCUT2D eigenvalue weighted by molar-refractivity contribution is -0.121. The molecule has 0 aliphatic heterocycles. The zero-order valence-corrected chi connectivity index (χ0v) is 14.6. The highest BCUT2D eigenvalue weighted by Gasteiger charge is 2.21. The molecular weight excluding hydrogens is 292 g/mol. The van der Waals surface area contributed by atoms with Gasteiger partial charge in [0.05, 0.1) is 6.61 Å². The maximum absolute atomic E-state index is 11.9. The van der Waals surface area contributed by atoms with E-state index >= 15 is 0 Å². The van der Waals surface area contributed by atoms with Gasteiger partial charge in [0.2, 0.25) is 5.91 Å². The van der Waals surface area contributed by atoms with Crippen LogP contribution in [0.15, 0.2) is 4.99 Å². The number of guanidine groups is 1. The number of nitrogens with one attached hydrogen (secondary N) is 2. The zero-order chi connectivity index (χ0) is 16.5. The number of ether oxygens (including phenoxy) is 1. The van der Waals surface area contributed by atoms with Gasteiger partial charge >= 0.3 is 0 Å². The number of rotatable bonds is 9. The van der Waals surface area contributed by atoms with Crippen LogP contribution in [0.25, 0.3) is 0 Å². The lowest BCUT2D eigenvalue weighted by Crippen LogP contribution is -2.42. The summed E-state index contributed by atoms with van der Waals surface area (Å²) in [5, 5.41) is 6.35. The molecule has 2 rings (SSSR count). The molecule has 0 saturated heterocycles. The van der Waals surface area contributed by atoms with Crippen molar-refractivity contribution in [2.24, 2.45) is 10.9 Å². The van der Waals surface area contributed by atoms with Gasteiger partial charge in [-0.05, 0) is 31.6 Å². The van der Waals surface area contributed by atoms with E-state index in [-0.39, 0.29) is 5.91 Å². The molecule has 0 heterocycles. The number of nitrogens with zero attached hydrogens (tertiary/aromatic N) is 2. The number of carbonyl (C=O) groups is 1. The molecule has 2 N–H and O–H groups in total. The molecule has 6 nitrogen and oxygen atoms in total. The molecule has 132 valence electrons. The molecule has 0 unspecified atom stereocenters. The van der Waals surface area contributed by atoms with E-state index in [1.165, 1.54) is 25.7 Å². The van der Waals surface area contributed by atoms with Crippen molar-refractivity contribution in [3.8, 4) is 0 Å². The fourth-order valence-corrected chi connectivity index (χ4v) is 2.88. The Bertz CT molecular complexity index is 390. The highest BCUT2D eigenvalue weighted by molar-refractivity contribution is 5.81. The first-order valence-electron chi connectivity index (χ1n) is 8.98. The van der Waals surface area contributed by atoms with E-state index in [1.807, 2.05) is 11.9 Å². The Morgan fingerprint density at radius 3 is 2.65 bits per heavy atom. The van der Waals surface area contributed by atoms with Gasteiger partial charge in [-0.3, -0.25) is 9.79 Å². The summed E-state index contributed by atoms with van der Waals surface area (Å²) in [7, 11) is 3.76. The number of amides is 1. The number of hydrogen-bond donors (Lipinski definition) is 2. The van der Waals surface area contributed by atoms with E-state index in [4.69, 9.17) is 4.74 Å². The molecule has 0 bridgehead atoms. The summed E-state index contributed by atoms with van der Waals surface area (Å²) in [5.74, 6) is 1.75. The number of likely N-dealkylation sites (N-methyl/N-ethyl adjacent to an activating group) is 1. The van der Waals surface area contributed by atoms with Crippen molar-refractivity contribution in [2.75, 3.05) is 40.4 Å². The minimum Gasteiger partial charge on any atom is -0.379 e. The van der Waals surface area contributed by atoms with E-state index in [9.17, 15) is 4.79 Å². The quantitative estimate of drug-likeness (QED) is 0.382. The molecule has 6 heteroatoms. The predicted octanol–water partition coefficient (Wildman–Crippen LogP) is 1.37. The Morgan fingerprint density at radius 1 is 1.26 bits per heavy atom. The second kappa shape index (κ2) is 9.75. The fourth-order valence-electron chi connectivity index (χ4n) is 2.88. The van der Waals surface area contributed by atoms with Crippen LogP contribution in [0.3, 0.4) is 0 Å². The molecule has 2 aliphatic rings. The molecule has 0 atom stereocenters. The van der Waals surface area contributed by atoms with Crippen LogP contribution in [0.4, 0.5) is 0 Å². The van der Waals surface area contributed by atoms with E-state index < -0.39 is 0 Å². The third kappa shape index (κ3) is 7.20. The number of carbonyl (C=O) groups excluding carboxylic acids is 1. The molecule has 2 saturated carbocycles. The van der Waals surface area contributed by atoms with Crippen LogP contribution in [0.2, 0.25) is 0 Å². The average molecular weight is 324 g/mol. The Hall–Kier alpha value is -1.30. The highest BCUT2D eigenvalue weighted by Crippen LogP contribution is 2.28. The van der Waals surface area contributed by atoms with Gasteiger partial charge in [-0.25, -0.2) is 0 Å². The minimum atomic E-state index is 0.135. The first-order valence-corrected chi connectivity index (χ1v) is 8.98. The third-order valence-corrected chi connectivity index (χ3v) is 4.55. The van der Waals surface area contributed by atoms with Crippen molar-refractivity contribution in [2.45, 2.75) is 51.0 Å². The summed E-state index contributed by atoms with van der Waals surface area (Å²) < 4.78 is 5.65. The Labute approximate surface area is 140 Å². The second-order valence-electron chi connectivity index (χ2n) is 6.71. The summed E-state index contributed by atoms with van der Waals surface area (Å²) in [6.45, 7) is 3.02. The molecule has 0 radical (unpaired) electrons. The van der Waals surface area contributed by atoms with Gasteiger partial charge in [-0.2, -0.15) is 0 Å². The smallest absolute Gasteiger partial charge is 0.221 e. The van der Waals surface area contributed by atoms with Crippen molar-refractivity contribution in [3.05, 3.63) is 0 Å². The third-order valence-electron chi connectivity index (χ3n) is 4.55. The standard InChI is InChI=1S/C17H32N4O2/c1-18-17(21(2)11-12-23-13-14-7-8-14)19-10-9-16(22)20-15-5-3-4-6-15/h14-15H,3-13H2,1-2H3,(H,18,19)(H,20,22). The van der Waals surface area contributed by atoms with Gasteiger partial charge in [0.15, 0.2) is 5.96 Å². The number of aliphatic imine (C=N–C) groups is 1. The van der Waals surface area contributed by atoms with Gasteiger partial charge in [0, 0.05) is 46.3 Å². The first kappa shape index (κ1) is 18.0. The SMILES string of the molecule is CN=C(NCCC(=O)NC1CCCC1)N(C)CCOCC1CC1. The molecule has 23 heavy (non-hydrogen) atoms. The highest BCUT2D eigenvalue weighted by atomic mass is 16.5. The Morgan fingerprint density at radius 2 is 2.00 bits per heavy atom. The van der Waals surface area contributed by atoms with Crippen LogP contribution >= 0.6 is 0 Å². The van der Waals surface area contributed by atoms with E-state index in [1.54, 1.807) is 7.05 Å². The molecular formula is C17H32N4O2. The molecule has 1 amide bonds. The van der Waals surface area contributed by atoms with Crippen LogP contribution in [-0.4, -0.2) is 63.2 Å². The summed E-state index contributed by atoms with van der Waals surface area (Å²) in [5.41, 5.74) is 0. The van der Waals surface area contributed by atoms with Crippen molar-refractivity contribution >= 4 is 11.9 Å². The van der Waals surface area contributed by atoms with Crippen LogP contribution in [0.5, 0.6) is 0 Å². The largest absolute Gasteiger partial charge is 0.379 e. The summed E-state index contributed by atoms with van der Waals surface area (Å²) in [6.07, 6.45) is 7.87. The maximum Gasteiger partial charge on any atom is 0.221 e. The maximum atomic E-state index is 11.9. The van der Waals surface area contributed by atoms with Gasteiger partial charge in [0.25, 0.3) is 0 Å². The zero-order valence-electron chi connectivity index (χ0n) is 14.6. The average Bonchev–Trinajstić information content (AvgIpc) is 3.23. The van der Waals surface area contributed by atoms with Crippen LogP contribution in [0.1, 0.15) is 44.9 Å². The number of hydrogen-bond acceptors (Lipinski definition) is 3. The van der Waals surface area contributed by atoms with E-state index in [2.05, 4.69) is 15.6 Å². The normalized spacial score (nSPS) is 19.0. The fraction of sp³-hybridized carbons (Fsp3) is 0.882. The van der Waals surface area contributed by atoms with Crippen LogP contribution in [-0.2, 0) is 9.53 Å². The summed E-state index contributed by atoms with van der Waals surface area (Å²) in [4.78, 5) is 18.2. The molecule has 0 aromatic carbocycles. The van der Waals surface area contributed by atoms with Crippen molar-refractivity contribution in [1.82, 2.24) is 15.5 Å². The summed E-state index contributed by atoms with van der Waals surface area (Å²) in [6, 6.07) is 0.396. The topological polar surface area (TPSA) is 66.0 Å². The van der Waals surface area contributed by atoms with Crippen LogP contribution < -0.4 is 10.6 Å². The van der Waals surface area contributed by atoms with E-state index in [0.29, 0.717) is 19.0 Å². The first-order chi connectivity index (χ1) is 11.2. The molecule has 0 aromatic rings. The lowest BCUT2D eigenvalue weighted by atomic mass is 10.2. The Kier molecular flexibility index (Phi) is 7.65. The van der Waals surface area contributed by atoms with Gasteiger partial charge in [0.1, 0.15) is 0 Å². The van der Waals surface area contributed by atoms with Gasteiger partial charge in [-0.1, -0.05) is 12.8 Å². The van der Waals surface area contributed by atoms with Gasteiger partial charge in [-0.15, -0.1) is 0 Å².